The molecule has 0 unspecified atom stereocenters. The van der Waals surface area contributed by atoms with Crippen molar-refractivity contribution in [1.82, 2.24) is 4.90 Å². The molecule has 156 valence electrons. The number of ether oxygens (including phenoxy) is 2. The van der Waals surface area contributed by atoms with Gasteiger partial charge in [-0.2, -0.15) is 0 Å². The minimum atomic E-state index is -1.50. The van der Waals surface area contributed by atoms with E-state index in [0.717, 1.165) is 19.3 Å². The van der Waals surface area contributed by atoms with Crippen LogP contribution in [0.5, 0.6) is 0 Å². The number of hydrogen-bond acceptors (Lipinski definition) is 3. The van der Waals surface area contributed by atoms with Gasteiger partial charge in [0.1, 0.15) is 11.8 Å². The first-order valence-electron chi connectivity index (χ1n) is 10.6. The highest BCUT2D eigenvalue weighted by Crippen LogP contribution is 2.45. The van der Waals surface area contributed by atoms with E-state index in [-0.39, 0.29) is 17.7 Å². The SMILES string of the molecule is CC1(C)COC(C)(C)N1C(=O)O[C@@H]1CCC[C@H]1[C@H](c1ccccc1)[Si](C)(C)C. The van der Waals surface area contributed by atoms with E-state index in [1.807, 2.05) is 27.7 Å². The number of amides is 1. The molecular formula is C23H37NO3Si. The summed E-state index contributed by atoms with van der Waals surface area (Å²) in [5, 5.41) is 0. The summed E-state index contributed by atoms with van der Waals surface area (Å²) in [4.78, 5) is 15.0. The molecule has 4 nitrogen and oxygen atoms in total. The topological polar surface area (TPSA) is 38.8 Å². The lowest BCUT2D eigenvalue weighted by Gasteiger charge is -2.40. The molecule has 1 heterocycles. The van der Waals surface area contributed by atoms with Crippen molar-refractivity contribution in [2.45, 2.75) is 89.5 Å². The zero-order valence-electron chi connectivity index (χ0n) is 18.6. The molecule has 2 fully saturated rings. The molecule has 2 aliphatic rings. The molecule has 3 rings (SSSR count). The Labute approximate surface area is 171 Å². The molecule has 1 aliphatic carbocycles. The smallest absolute Gasteiger partial charge is 0.412 e. The van der Waals surface area contributed by atoms with E-state index in [0.29, 0.717) is 18.1 Å². The van der Waals surface area contributed by atoms with Gasteiger partial charge >= 0.3 is 6.09 Å². The molecule has 0 N–H and O–H groups in total. The first kappa shape index (κ1) is 21.4. The normalized spacial score (nSPS) is 27.6. The minimum absolute atomic E-state index is 0.0170. The van der Waals surface area contributed by atoms with Gasteiger partial charge in [-0.3, -0.25) is 4.90 Å². The Morgan fingerprint density at radius 3 is 2.32 bits per heavy atom. The number of carbonyl (C=O) groups excluding carboxylic acids is 1. The Bertz CT molecular complexity index is 680. The maximum atomic E-state index is 13.2. The Morgan fingerprint density at radius 1 is 1.14 bits per heavy atom. The average molecular weight is 404 g/mol. The molecule has 28 heavy (non-hydrogen) atoms. The summed E-state index contributed by atoms with van der Waals surface area (Å²) in [6.07, 6.45) is 2.97. The second-order valence-corrected chi connectivity index (χ2v) is 16.0. The molecule has 0 spiro atoms. The summed E-state index contributed by atoms with van der Waals surface area (Å²) in [7, 11) is -1.50. The predicted molar refractivity (Wildman–Crippen MR) is 116 cm³/mol. The van der Waals surface area contributed by atoms with Crippen LogP contribution >= 0.6 is 0 Å². The highest BCUT2D eigenvalue weighted by atomic mass is 28.3. The molecular weight excluding hydrogens is 366 g/mol. The fourth-order valence-corrected chi connectivity index (χ4v) is 8.25. The van der Waals surface area contributed by atoms with E-state index < -0.39 is 13.8 Å². The van der Waals surface area contributed by atoms with Gasteiger partial charge in [0.05, 0.1) is 20.2 Å². The van der Waals surface area contributed by atoms with Crippen LogP contribution in [0, 0.1) is 5.92 Å². The molecule has 1 aromatic carbocycles. The summed E-state index contributed by atoms with van der Waals surface area (Å²) in [6, 6.07) is 10.8. The van der Waals surface area contributed by atoms with Crippen molar-refractivity contribution >= 4 is 14.2 Å². The molecule has 3 atom stereocenters. The molecule has 0 bridgehead atoms. The van der Waals surface area contributed by atoms with Gasteiger partial charge in [-0.25, -0.2) is 4.79 Å². The first-order valence-corrected chi connectivity index (χ1v) is 14.2. The van der Waals surface area contributed by atoms with Gasteiger partial charge in [0.2, 0.25) is 0 Å². The zero-order chi connectivity index (χ0) is 20.7. The van der Waals surface area contributed by atoms with Gasteiger partial charge < -0.3 is 9.47 Å². The second kappa shape index (κ2) is 7.49. The fourth-order valence-electron chi connectivity index (χ4n) is 5.39. The third-order valence-corrected chi connectivity index (χ3v) is 9.01. The molecule has 0 radical (unpaired) electrons. The molecule has 1 aliphatic heterocycles. The van der Waals surface area contributed by atoms with Crippen molar-refractivity contribution in [1.29, 1.82) is 0 Å². The number of hydrogen-bond donors (Lipinski definition) is 0. The highest BCUT2D eigenvalue weighted by molar-refractivity contribution is 6.77. The van der Waals surface area contributed by atoms with Crippen molar-refractivity contribution in [2.24, 2.45) is 5.92 Å². The maximum absolute atomic E-state index is 13.2. The molecule has 1 saturated heterocycles. The number of nitrogens with zero attached hydrogens (tertiary/aromatic N) is 1. The summed E-state index contributed by atoms with van der Waals surface area (Å²) in [5.74, 6) is 0.396. The van der Waals surface area contributed by atoms with Crippen LogP contribution in [-0.4, -0.2) is 43.0 Å². The minimum Gasteiger partial charge on any atom is -0.446 e. The van der Waals surface area contributed by atoms with Crippen LogP contribution in [0.2, 0.25) is 19.6 Å². The molecule has 1 aromatic rings. The van der Waals surface area contributed by atoms with E-state index >= 15 is 0 Å². The summed E-state index contributed by atoms with van der Waals surface area (Å²) in [6.45, 7) is 15.8. The van der Waals surface area contributed by atoms with E-state index in [1.54, 1.807) is 4.90 Å². The predicted octanol–water partition coefficient (Wildman–Crippen LogP) is 5.80. The van der Waals surface area contributed by atoms with Crippen molar-refractivity contribution < 1.29 is 14.3 Å². The standard InChI is InChI=1S/C23H37NO3Si/c1-22(2)16-26-23(3,4)24(22)21(25)27-19-15-11-14-18(19)20(28(5,6)7)17-12-9-8-10-13-17/h8-10,12-13,18-20H,11,14-16H2,1-7H3/t18-,19-,20+/m1/s1. The van der Waals surface area contributed by atoms with Crippen LogP contribution < -0.4 is 0 Å². The van der Waals surface area contributed by atoms with Crippen molar-refractivity contribution in [2.75, 3.05) is 6.61 Å². The summed E-state index contributed by atoms with van der Waals surface area (Å²) < 4.78 is 12.1. The van der Waals surface area contributed by atoms with Crippen LogP contribution in [0.1, 0.15) is 58.1 Å². The van der Waals surface area contributed by atoms with Gasteiger partial charge in [0.25, 0.3) is 0 Å². The zero-order valence-corrected chi connectivity index (χ0v) is 19.6. The highest BCUT2D eigenvalue weighted by Gasteiger charge is 2.51. The third-order valence-electron chi connectivity index (χ3n) is 6.38. The van der Waals surface area contributed by atoms with E-state index in [1.165, 1.54) is 5.56 Å². The van der Waals surface area contributed by atoms with Crippen LogP contribution in [0.25, 0.3) is 0 Å². The van der Waals surface area contributed by atoms with Crippen molar-refractivity contribution in [3.63, 3.8) is 0 Å². The van der Waals surface area contributed by atoms with Crippen LogP contribution in [0.15, 0.2) is 30.3 Å². The third kappa shape index (κ3) is 4.15. The number of carbonyl (C=O) groups is 1. The van der Waals surface area contributed by atoms with E-state index in [2.05, 4.69) is 50.0 Å². The second-order valence-electron chi connectivity index (χ2n) is 10.7. The van der Waals surface area contributed by atoms with Gasteiger partial charge in [-0.05, 0) is 58.1 Å². The van der Waals surface area contributed by atoms with Crippen molar-refractivity contribution in [3.05, 3.63) is 35.9 Å². The van der Waals surface area contributed by atoms with E-state index in [4.69, 9.17) is 9.47 Å². The van der Waals surface area contributed by atoms with Gasteiger partial charge in [0, 0.05) is 5.92 Å². The lowest BCUT2D eigenvalue weighted by atomic mass is 9.95. The van der Waals surface area contributed by atoms with Crippen molar-refractivity contribution in [3.8, 4) is 0 Å². The number of rotatable bonds is 4. The average Bonchev–Trinajstić information content (AvgIpc) is 3.09. The monoisotopic (exact) mass is 403 g/mol. The first-order chi connectivity index (χ1) is 12.9. The lowest BCUT2D eigenvalue weighted by molar-refractivity contribution is -0.0614. The largest absolute Gasteiger partial charge is 0.446 e. The Morgan fingerprint density at radius 2 is 1.79 bits per heavy atom. The van der Waals surface area contributed by atoms with E-state index in [9.17, 15) is 4.79 Å². The van der Waals surface area contributed by atoms with Gasteiger partial charge in [0.15, 0.2) is 0 Å². The molecule has 1 saturated carbocycles. The summed E-state index contributed by atoms with van der Waals surface area (Å²) >= 11 is 0. The molecule has 5 heteroatoms. The van der Waals surface area contributed by atoms with Gasteiger partial charge in [-0.15, -0.1) is 0 Å². The van der Waals surface area contributed by atoms with Crippen LogP contribution in [0.4, 0.5) is 4.79 Å². The molecule has 0 aromatic heterocycles. The molecule has 1 amide bonds. The quantitative estimate of drug-likeness (QED) is 0.596. The Hall–Kier alpha value is -1.33. The van der Waals surface area contributed by atoms with Crippen LogP contribution in [0.3, 0.4) is 0 Å². The van der Waals surface area contributed by atoms with Crippen LogP contribution in [-0.2, 0) is 9.47 Å². The fraction of sp³-hybridized carbons (Fsp3) is 0.696. The van der Waals surface area contributed by atoms with Gasteiger partial charge in [-0.1, -0.05) is 50.0 Å². The number of benzene rings is 1. The Balaban J connectivity index is 1.83. The lowest BCUT2D eigenvalue weighted by Crippen LogP contribution is -2.54. The Kier molecular flexibility index (Phi) is 5.72. The maximum Gasteiger partial charge on any atom is 0.412 e. The summed E-state index contributed by atoms with van der Waals surface area (Å²) in [5.41, 5.74) is 0.906.